The summed E-state index contributed by atoms with van der Waals surface area (Å²) in [7, 11) is 2.37. The maximum Gasteiger partial charge on any atom is 0.0101 e. The van der Waals surface area contributed by atoms with Crippen LogP contribution in [0.15, 0.2) is 0 Å². The predicted octanol–water partition coefficient (Wildman–Crippen LogP) is 2.64. The third-order valence-corrected chi connectivity index (χ3v) is 5.96. The van der Waals surface area contributed by atoms with Crippen molar-refractivity contribution in [2.75, 3.05) is 20.1 Å². The summed E-state index contributed by atoms with van der Waals surface area (Å²) in [5, 5.41) is 3.64. The van der Waals surface area contributed by atoms with E-state index >= 15 is 0 Å². The zero-order valence-corrected chi connectivity index (χ0v) is 11.5. The maximum absolute atomic E-state index is 3.64. The molecule has 0 aromatic rings. The molecule has 2 bridgehead atoms. The fourth-order valence-corrected chi connectivity index (χ4v) is 4.93. The fourth-order valence-electron chi connectivity index (χ4n) is 4.93. The highest BCUT2D eigenvalue weighted by Crippen LogP contribution is 2.52. The third-order valence-electron chi connectivity index (χ3n) is 5.96. The smallest absolute Gasteiger partial charge is 0.0101 e. The molecular weight excluding hydrogens is 208 g/mol. The van der Waals surface area contributed by atoms with Crippen molar-refractivity contribution in [3.8, 4) is 0 Å². The van der Waals surface area contributed by atoms with Gasteiger partial charge in [0.05, 0.1) is 0 Å². The van der Waals surface area contributed by atoms with Gasteiger partial charge in [0.25, 0.3) is 0 Å². The van der Waals surface area contributed by atoms with Gasteiger partial charge in [-0.25, -0.2) is 0 Å². The minimum absolute atomic E-state index is 0.708. The molecule has 3 saturated heterocycles. The van der Waals surface area contributed by atoms with E-state index in [1.165, 1.54) is 58.0 Å². The Morgan fingerprint density at radius 2 is 1.94 bits per heavy atom. The molecule has 98 valence electrons. The van der Waals surface area contributed by atoms with Crippen LogP contribution < -0.4 is 5.32 Å². The second-order valence-corrected chi connectivity index (χ2v) is 6.76. The second kappa shape index (κ2) is 4.55. The van der Waals surface area contributed by atoms with Crippen molar-refractivity contribution in [2.45, 2.75) is 64.0 Å². The first-order valence-electron chi connectivity index (χ1n) is 7.68. The van der Waals surface area contributed by atoms with Crippen molar-refractivity contribution >= 4 is 0 Å². The number of hydrogen-bond acceptors (Lipinski definition) is 2. The molecule has 0 amide bonds. The molecule has 2 nitrogen and oxygen atoms in total. The van der Waals surface area contributed by atoms with Gasteiger partial charge in [-0.15, -0.1) is 0 Å². The molecule has 1 N–H and O–H groups in total. The molecule has 0 aromatic heterocycles. The lowest BCUT2D eigenvalue weighted by atomic mass is 9.62. The van der Waals surface area contributed by atoms with Gasteiger partial charge in [0.1, 0.15) is 0 Å². The molecule has 1 spiro atoms. The number of fused-ring (bicyclic) bond motifs is 2. The van der Waals surface area contributed by atoms with Crippen LogP contribution in [-0.4, -0.2) is 37.1 Å². The quantitative estimate of drug-likeness (QED) is 0.793. The number of rotatable bonds is 2. The zero-order valence-electron chi connectivity index (χ0n) is 11.5. The highest BCUT2D eigenvalue weighted by atomic mass is 15.2. The Kier molecular flexibility index (Phi) is 3.20. The first-order valence-corrected chi connectivity index (χ1v) is 7.68. The number of hydrogen-bond donors (Lipinski definition) is 1. The predicted molar refractivity (Wildman–Crippen MR) is 72.1 cm³/mol. The molecule has 3 rings (SSSR count). The van der Waals surface area contributed by atoms with Crippen LogP contribution in [0.1, 0.15) is 51.9 Å². The summed E-state index contributed by atoms with van der Waals surface area (Å²) in [6, 6.07) is 1.82. The van der Waals surface area contributed by atoms with E-state index in [-0.39, 0.29) is 0 Å². The Hall–Kier alpha value is -0.0800. The average molecular weight is 236 g/mol. The van der Waals surface area contributed by atoms with E-state index in [0.717, 1.165) is 18.0 Å². The van der Waals surface area contributed by atoms with Gasteiger partial charge in [0.15, 0.2) is 0 Å². The number of piperidine rings is 2. The van der Waals surface area contributed by atoms with E-state index in [9.17, 15) is 0 Å². The van der Waals surface area contributed by atoms with Crippen molar-refractivity contribution in [1.82, 2.24) is 10.2 Å². The van der Waals surface area contributed by atoms with Crippen molar-refractivity contribution in [3.05, 3.63) is 0 Å². The summed E-state index contributed by atoms with van der Waals surface area (Å²) in [5.74, 6) is 0.957. The molecule has 3 aliphatic heterocycles. The Bertz CT molecular complexity index is 260. The molecule has 3 aliphatic rings. The summed E-state index contributed by atoms with van der Waals surface area (Å²) in [6.45, 7) is 4.91. The molecule has 0 saturated carbocycles. The average Bonchev–Trinajstić information content (AvgIpc) is 2.57. The van der Waals surface area contributed by atoms with E-state index in [1.807, 2.05) is 0 Å². The molecule has 2 heteroatoms. The van der Waals surface area contributed by atoms with Gasteiger partial charge in [-0.3, -0.25) is 0 Å². The standard InChI is InChI=1S/C15H28N2/c1-3-4-12-11-16-8-7-15(12)9-13-5-6-14(10-15)17(13)2/h12-14,16H,3-11H2,1-2H3. The van der Waals surface area contributed by atoms with Crippen LogP contribution in [0.5, 0.6) is 0 Å². The van der Waals surface area contributed by atoms with E-state index in [4.69, 9.17) is 0 Å². The highest BCUT2D eigenvalue weighted by molar-refractivity contribution is 5.04. The lowest BCUT2D eigenvalue weighted by Gasteiger charge is -2.52. The molecule has 0 radical (unpaired) electrons. The molecule has 3 fully saturated rings. The fraction of sp³-hybridized carbons (Fsp3) is 1.00. The summed E-state index contributed by atoms with van der Waals surface area (Å²) in [4.78, 5) is 2.69. The van der Waals surface area contributed by atoms with Crippen LogP contribution in [0.4, 0.5) is 0 Å². The van der Waals surface area contributed by atoms with Gasteiger partial charge in [-0.1, -0.05) is 13.3 Å². The topological polar surface area (TPSA) is 15.3 Å². The molecule has 0 aliphatic carbocycles. The van der Waals surface area contributed by atoms with E-state index in [0.29, 0.717) is 5.41 Å². The lowest BCUT2D eigenvalue weighted by molar-refractivity contribution is -0.0106. The van der Waals surface area contributed by atoms with Crippen LogP contribution >= 0.6 is 0 Å². The van der Waals surface area contributed by atoms with Crippen molar-refractivity contribution < 1.29 is 0 Å². The van der Waals surface area contributed by atoms with Gasteiger partial charge in [0.2, 0.25) is 0 Å². The summed E-state index contributed by atoms with van der Waals surface area (Å²) >= 11 is 0. The highest BCUT2D eigenvalue weighted by Gasteiger charge is 2.50. The Morgan fingerprint density at radius 1 is 1.24 bits per heavy atom. The van der Waals surface area contributed by atoms with E-state index in [1.54, 1.807) is 0 Å². The van der Waals surface area contributed by atoms with Crippen LogP contribution in [0, 0.1) is 11.3 Å². The molecule has 17 heavy (non-hydrogen) atoms. The normalized spacial score (nSPS) is 46.6. The zero-order chi connectivity index (χ0) is 11.9. The Balaban J connectivity index is 1.79. The molecule has 3 unspecified atom stereocenters. The molecule has 0 aromatic carbocycles. The monoisotopic (exact) mass is 236 g/mol. The van der Waals surface area contributed by atoms with Gasteiger partial charge in [-0.2, -0.15) is 0 Å². The van der Waals surface area contributed by atoms with Crippen LogP contribution in [0.25, 0.3) is 0 Å². The van der Waals surface area contributed by atoms with Crippen LogP contribution in [0.3, 0.4) is 0 Å². The van der Waals surface area contributed by atoms with Gasteiger partial charge >= 0.3 is 0 Å². The van der Waals surface area contributed by atoms with Crippen LogP contribution in [-0.2, 0) is 0 Å². The lowest BCUT2D eigenvalue weighted by Crippen LogP contribution is -2.54. The van der Waals surface area contributed by atoms with Crippen molar-refractivity contribution in [2.24, 2.45) is 11.3 Å². The molecule has 3 atom stereocenters. The minimum Gasteiger partial charge on any atom is -0.316 e. The maximum atomic E-state index is 3.64. The van der Waals surface area contributed by atoms with E-state index < -0.39 is 0 Å². The van der Waals surface area contributed by atoms with Gasteiger partial charge < -0.3 is 10.2 Å². The van der Waals surface area contributed by atoms with Crippen molar-refractivity contribution in [3.63, 3.8) is 0 Å². The summed E-state index contributed by atoms with van der Waals surface area (Å²) in [6.07, 6.45) is 10.2. The largest absolute Gasteiger partial charge is 0.316 e. The minimum atomic E-state index is 0.708. The molecule has 3 heterocycles. The van der Waals surface area contributed by atoms with Gasteiger partial charge in [0, 0.05) is 12.1 Å². The van der Waals surface area contributed by atoms with E-state index in [2.05, 4.69) is 24.2 Å². The molecular formula is C15H28N2. The Morgan fingerprint density at radius 3 is 2.59 bits per heavy atom. The summed E-state index contributed by atoms with van der Waals surface area (Å²) in [5.41, 5.74) is 0.708. The number of nitrogens with one attached hydrogen (secondary N) is 1. The van der Waals surface area contributed by atoms with Crippen LogP contribution in [0.2, 0.25) is 0 Å². The third kappa shape index (κ3) is 1.94. The summed E-state index contributed by atoms with van der Waals surface area (Å²) < 4.78 is 0. The van der Waals surface area contributed by atoms with Gasteiger partial charge in [-0.05, 0) is 70.0 Å². The van der Waals surface area contributed by atoms with Crippen molar-refractivity contribution in [1.29, 1.82) is 0 Å². The Labute approximate surface area is 106 Å². The second-order valence-electron chi connectivity index (χ2n) is 6.76. The first kappa shape index (κ1) is 12.0. The SMILES string of the molecule is CCCC1CNCCC12CC1CCC(C2)N1C. The number of nitrogens with zero attached hydrogens (tertiary/aromatic N) is 1. The first-order chi connectivity index (χ1) is 8.25.